The molecule has 40 heavy (non-hydrogen) atoms. The standard InChI is InChI=1S/C29H32N6O4S/c1-17(2)31-29-33-23(16-40-29)24-22-8-5-4-7-20(22)15-34(24)28(39)26(37)25(36)27(38)32-18(3)19-9-11-21(12-10-19)35-14-6-13-30-35/h4-14,16-18,24-26,36-37H,15H2,1-3H3,(H,31,33)(H,32,38)/t18-,24+,25-,26-/m1/s1. The van der Waals surface area contributed by atoms with Gasteiger partial charge in [0.05, 0.1) is 17.4 Å². The maximum absolute atomic E-state index is 13.5. The van der Waals surface area contributed by atoms with Gasteiger partial charge in [-0.05, 0) is 55.7 Å². The molecular formula is C29H32N6O4S. The molecule has 11 heteroatoms. The number of aromatic nitrogens is 3. The van der Waals surface area contributed by atoms with Gasteiger partial charge in [0.15, 0.2) is 17.3 Å². The fraction of sp³-hybridized carbons (Fsp3) is 0.310. The fourth-order valence-corrected chi connectivity index (χ4v) is 5.68. The van der Waals surface area contributed by atoms with E-state index in [0.29, 0.717) is 5.69 Å². The van der Waals surface area contributed by atoms with Crippen LogP contribution < -0.4 is 10.6 Å². The molecular weight excluding hydrogens is 528 g/mol. The van der Waals surface area contributed by atoms with Gasteiger partial charge in [-0.15, -0.1) is 11.3 Å². The van der Waals surface area contributed by atoms with Gasteiger partial charge in [-0.1, -0.05) is 36.4 Å². The average Bonchev–Trinajstić information content (AvgIpc) is 3.71. The lowest BCUT2D eigenvalue weighted by Crippen LogP contribution is -2.50. The summed E-state index contributed by atoms with van der Waals surface area (Å²) in [6, 6.07) is 16.1. The summed E-state index contributed by atoms with van der Waals surface area (Å²) in [4.78, 5) is 32.6. The van der Waals surface area contributed by atoms with Crippen molar-refractivity contribution in [2.45, 2.75) is 57.6 Å². The molecule has 0 radical (unpaired) electrons. The van der Waals surface area contributed by atoms with Crippen molar-refractivity contribution in [2.75, 3.05) is 5.32 Å². The Morgan fingerprint density at radius 2 is 1.77 bits per heavy atom. The second kappa shape index (κ2) is 11.6. The van der Waals surface area contributed by atoms with E-state index in [-0.39, 0.29) is 12.6 Å². The topological polar surface area (TPSA) is 133 Å². The summed E-state index contributed by atoms with van der Waals surface area (Å²) in [5.41, 5.74) is 4.13. The predicted octanol–water partition coefficient (Wildman–Crippen LogP) is 3.18. The molecule has 1 aliphatic heterocycles. The Morgan fingerprint density at radius 3 is 2.48 bits per heavy atom. The Balaban J connectivity index is 1.28. The van der Waals surface area contributed by atoms with E-state index in [1.165, 1.54) is 16.2 Å². The molecule has 2 aromatic carbocycles. The zero-order valence-electron chi connectivity index (χ0n) is 22.4. The first-order valence-corrected chi connectivity index (χ1v) is 14.0. The molecule has 2 aromatic heterocycles. The van der Waals surface area contributed by atoms with Gasteiger partial charge in [0.1, 0.15) is 6.04 Å². The average molecular weight is 561 g/mol. The van der Waals surface area contributed by atoms with Crippen LogP contribution in [0.5, 0.6) is 0 Å². The molecule has 208 valence electrons. The van der Waals surface area contributed by atoms with Gasteiger partial charge >= 0.3 is 0 Å². The van der Waals surface area contributed by atoms with Gasteiger partial charge in [-0.2, -0.15) is 5.10 Å². The summed E-state index contributed by atoms with van der Waals surface area (Å²) < 4.78 is 1.72. The molecule has 0 saturated carbocycles. The van der Waals surface area contributed by atoms with Gasteiger partial charge in [0.25, 0.3) is 11.8 Å². The third-order valence-electron chi connectivity index (χ3n) is 6.84. The maximum Gasteiger partial charge on any atom is 0.255 e. The van der Waals surface area contributed by atoms with Gasteiger partial charge in [-0.25, -0.2) is 9.67 Å². The van der Waals surface area contributed by atoms with Gasteiger partial charge in [0, 0.05) is 30.4 Å². The number of hydrogen-bond donors (Lipinski definition) is 4. The first kappa shape index (κ1) is 27.5. The molecule has 0 bridgehead atoms. The summed E-state index contributed by atoms with van der Waals surface area (Å²) >= 11 is 1.44. The SMILES string of the molecule is CC(C)Nc1nc([C@@H]2c3ccccc3CN2C(=O)[C@H](O)[C@@H](O)C(=O)N[C@H](C)c2ccc(-n3cccn3)cc2)cs1. The highest BCUT2D eigenvalue weighted by molar-refractivity contribution is 7.13. The number of thiazole rings is 1. The van der Waals surface area contributed by atoms with Crippen LogP contribution >= 0.6 is 11.3 Å². The van der Waals surface area contributed by atoms with Gasteiger partial charge < -0.3 is 25.7 Å². The number of benzene rings is 2. The fourth-order valence-electron chi connectivity index (χ4n) is 4.80. The highest BCUT2D eigenvalue weighted by Gasteiger charge is 2.41. The minimum Gasteiger partial charge on any atom is -0.380 e. The van der Waals surface area contributed by atoms with Crippen LogP contribution in [0.1, 0.15) is 55.2 Å². The summed E-state index contributed by atoms with van der Waals surface area (Å²) in [5.74, 6) is -1.58. The van der Waals surface area contributed by atoms with E-state index in [4.69, 9.17) is 0 Å². The first-order valence-electron chi connectivity index (χ1n) is 13.1. The summed E-state index contributed by atoms with van der Waals surface area (Å²) in [6.07, 6.45) is -0.380. The lowest BCUT2D eigenvalue weighted by atomic mass is 10.0. The van der Waals surface area contributed by atoms with E-state index in [0.717, 1.165) is 27.5 Å². The van der Waals surface area contributed by atoms with Crippen LogP contribution in [-0.2, 0) is 16.1 Å². The molecule has 4 aromatic rings. The Labute approximate surface area is 236 Å². The van der Waals surface area contributed by atoms with Crippen LogP contribution in [0.15, 0.2) is 72.4 Å². The molecule has 1 aliphatic rings. The Kier molecular flexibility index (Phi) is 7.97. The molecule has 0 spiro atoms. The number of rotatable bonds is 9. The summed E-state index contributed by atoms with van der Waals surface area (Å²) in [5, 5.41) is 34.4. The zero-order valence-corrected chi connectivity index (χ0v) is 23.2. The summed E-state index contributed by atoms with van der Waals surface area (Å²) in [6.45, 7) is 6.03. The van der Waals surface area contributed by atoms with Crippen LogP contribution in [0.25, 0.3) is 5.69 Å². The number of fused-ring (bicyclic) bond motifs is 1. The monoisotopic (exact) mass is 560 g/mol. The maximum atomic E-state index is 13.5. The quantitative estimate of drug-likeness (QED) is 0.247. The number of amides is 2. The zero-order chi connectivity index (χ0) is 28.4. The van der Waals surface area contributed by atoms with Crippen LogP contribution in [-0.4, -0.2) is 59.9 Å². The van der Waals surface area contributed by atoms with Crippen molar-refractivity contribution in [1.82, 2.24) is 25.0 Å². The molecule has 3 heterocycles. The van der Waals surface area contributed by atoms with Crippen molar-refractivity contribution < 1.29 is 19.8 Å². The molecule has 10 nitrogen and oxygen atoms in total. The number of aliphatic hydroxyl groups is 2. The minimum atomic E-state index is -1.95. The number of carbonyl (C=O) groups excluding carboxylic acids is 2. The normalized spacial score (nSPS) is 16.9. The number of anilines is 1. The number of hydrogen-bond acceptors (Lipinski definition) is 8. The smallest absolute Gasteiger partial charge is 0.255 e. The lowest BCUT2D eigenvalue weighted by Gasteiger charge is -2.28. The molecule has 4 atom stereocenters. The predicted molar refractivity (Wildman–Crippen MR) is 152 cm³/mol. The van der Waals surface area contributed by atoms with Gasteiger partial charge in [-0.3, -0.25) is 9.59 Å². The lowest BCUT2D eigenvalue weighted by molar-refractivity contribution is -0.154. The highest BCUT2D eigenvalue weighted by atomic mass is 32.1. The van der Waals surface area contributed by atoms with Crippen molar-refractivity contribution in [1.29, 1.82) is 0 Å². The number of nitrogens with one attached hydrogen (secondary N) is 2. The van der Waals surface area contributed by atoms with E-state index >= 15 is 0 Å². The van der Waals surface area contributed by atoms with Crippen molar-refractivity contribution in [3.8, 4) is 5.69 Å². The van der Waals surface area contributed by atoms with Crippen molar-refractivity contribution in [3.63, 3.8) is 0 Å². The number of carbonyl (C=O) groups is 2. The number of nitrogens with zero attached hydrogens (tertiary/aromatic N) is 4. The van der Waals surface area contributed by atoms with Gasteiger partial charge in [0.2, 0.25) is 0 Å². The largest absolute Gasteiger partial charge is 0.380 e. The van der Waals surface area contributed by atoms with Crippen LogP contribution in [0.2, 0.25) is 0 Å². The molecule has 4 N–H and O–H groups in total. The molecule has 0 aliphatic carbocycles. The highest BCUT2D eigenvalue weighted by Crippen LogP contribution is 2.40. The van der Waals surface area contributed by atoms with Crippen LogP contribution in [0.4, 0.5) is 5.13 Å². The van der Waals surface area contributed by atoms with Crippen molar-refractivity contribution in [3.05, 3.63) is 94.8 Å². The molecule has 2 amide bonds. The third-order valence-corrected chi connectivity index (χ3v) is 7.63. The van der Waals surface area contributed by atoms with E-state index in [1.807, 2.05) is 80.0 Å². The molecule has 0 saturated heterocycles. The molecule has 5 rings (SSSR count). The Morgan fingerprint density at radius 1 is 1.02 bits per heavy atom. The molecule has 0 unspecified atom stereocenters. The second-order valence-electron chi connectivity index (χ2n) is 10.1. The summed E-state index contributed by atoms with van der Waals surface area (Å²) in [7, 11) is 0. The number of aliphatic hydroxyl groups excluding tert-OH is 2. The first-order chi connectivity index (χ1) is 19.2. The van der Waals surface area contributed by atoms with E-state index < -0.39 is 36.1 Å². The molecule has 0 fully saturated rings. The van der Waals surface area contributed by atoms with E-state index in [1.54, 1.807) is 17.8 Å². The van der Waals surface area contributed by atoms with Crippen LogP contribution in [0.3, 0.4) is 0 Å². The van der Waals surface area contributed by atoms with E-state index in [2.05, 4.69) is 20.7 Å². The second-order valence-corrected chi connectivity index (χ2v) is 11.0. The Hall–Kier alpha value is -4.06. The van der Waals surface area contributed by atoms with Crippen molar-refractivity contribution >= 4 is 28.3 Å². The minimum absolute atomic E-state index is 0.194. The van der Waals surface area contributed by atoms with E-state index in [9.17, 15) is 19.8 Å². The third kappa shape index (κ3) is 5.62. The Bertz CT molecular complexity index is 1470. The van der Waals surface area contributed by atoms with Crippen LogP contribution in [0, 0.1) is 0 Å². The van der Waals surface area contributed by atoms with Crippen molar-refractivity contribution in [2.24, 2.45) is 0 Å².